The van der Waals surface area contributed by atoms with Crippen molar-refractivity contribution in [1.82, 2.24) is 0 Å². The third-order valence-corrected chi connectivity index (χ3v) is 3.89. The number of aliphatic hydroxyl groups excluding tert-OH is 1. The number of rotatable bonds is 4. The van der Waals surface area contributed by atoms with Crippen molar-refractivity contribution in [2.24, 2.45) is 0 Å². The van der Waals surface area contributed by atoms with E-state index in [1.165, 1.54) is 0 Å². The van der Waals surface area contributed by atoms with E-state index in [-0.39, 0.29) is 19.1 Å². The van der Waals surface area contributed by atoms with E-state index in [9.17, 15) is 9.59 Å². The van der Waals surface area contributed by atoms with Crippen LogP contribution in [0.2, 0.25) is 0 Å². The first-order chi connectivity index (χ1) is 11.2. The van der Waals surface area contributed by atoms with Crippen molar-refractivity contribution in [2.45, 2.75) is 13.0 Å². The number of aliphatic hydroxyl groups is 1. The Labute approximate surface area is 134 Å². The van der Waals surface area contributed by atoms with E-state index in [0.29, 0.717) is 17.7 Å². The van der Waals surface area contributed by atoms with Gasteiger partial charge in [0.2, 0.25) is 0 Å². The van der Waals surface area contributed by atoms with Gasteiger partial charge in [-0.15, -0.1) is 0 Å². The topological polar surface area (TPSA) is 66.8 Å². The molecule has 1 heterocycles. The van der Waals surface area contributed by atoms with E-state index in [0.717, 1.165) is 17.7 Å². The second-order valence-electron chi connectivity index (χ2n) is 5.36. The number of carbonyl (C=O) groups is 2. The molecule has 5 heteroatoms. The highest BCUT2D eigenvalue weighted by molar-refractivity contribution is 5.98. The molecule has 23 heavy (non-hydrogen) atoms. The standard InChI is InChI=1S/C18H17NO4/c20-11-13-5-7-15(8-6-13)18(22)23-12-17(21)19-10-9-14-3-1-2-4-16(14)19/h1-8,20H,9-12H2. The summed E-state index contributed by atoms with van der Waals surface area (Å²) in [7, 11) is 0. The molecule has 3 rings (SSSR count). The summed E-state index contributed by atoms with van der Waals surface area (Å²) in [6, 6.07) is 14.2. The number of nitrogens with zero attached hydrogens (tertiary/aromatic N) is 1. The lowest BCUT2D eigenvalue weighted by atomic mass is 10.1. The fourth-order valence-electron chi connectivity index (χ4n) is 2.63. The van der Waals surface area contributed by atoms with Crippen molar-refractivity contribution in [3.8, 4) is 0 Å². The van der Waals surface area contributed by atoms with Crippen LogP contribution in [0.3, 0.4) is 0 Å². The molecule has 0 aliphatic carbocycles. The second kappa shape index (κ2) is 6.62. The Morgan fingerprint density at radius 1 is 1.09 bits per heavy atom. The van der Waals surface area contributed by atoms with Gasteiger partial charge in [-0.25, -0.2) is 4.79 Å². The maximum absolute atomic E-state index is 12.3. The Morgan fingerprint density at radius 2 is 1.83 bits per heavy atom. The van der Waals surface area contributed by atoms with Gasteiger partial charge in [0, 0.05) is 12.2 Å². The smallest absolute Gasteiger partial charge is 0.338 e. The van der Waals surface area contributed by atoms with Crippen molar-refractivity contribution in [1.29, 1.82) is 0 Å². The molecule has 1 aliphatic heterocycles. The molecule has 0 radical (unpaired) electrons. The molecule has 5 nitrogen and oxygen atoms in total. The van der Waals surface area contributed by atoms with Crippen molar-refractivity contribution in [3.05, 3.63) is 65.2 Å². The Hall–Kier alpha value is -2.66. The number of benzene rings is 2. The van der Waals surface area contributed by atoms with Gasteiger partial charge >= 0.3 is 5.97 Å². The number of hydrogen-bond acceptors (Lipinski definition) is 4. The maximum Gasteiger partial charge on any atom is 0.338 e. The minimum Gasteiger partial charge on any atom is -0.452 e. The minimum atomic E-state index is -0.546. The van der Waals surface area contributed by atoms with Gasteiger partial charge in [-0.05, 0) is 35.7 Å². The molecule has 0 bridgehead atoms. The van der Waals surface area contributed by atoms with Crippen molar-refractivity contribution in [3.63, 3.8) is 0 Å². The highest BCUT2D eigenvalue weighted by Crippen LogP contribution is 2.27. The van der Waals surface area contributed by atoms with Gasteiger partial charge in [-0.3, -0.25) is 4.79 Å². The van der Waals surface area contributed by atoms with E-state index >= 15 is 0 Å². The van der Waals surface area contributed by atoms with Crippen LogP contribution < -0.4 is 4.90 Å². The molecule has 2 aromatic rings. The summed E-state index contributed by atoms with van der Waals surface area (Å²) in [4.78, 5) is 25.9. The lowest BCUT2D eigenvalue weighted by Crippen LogP contribution is -2.33. The van der Waals surface area contributed by atoms with Gasteiger partial charge in [-0.1, -0.05) is 30.3 Å². The Kier molecular flexibility index (Phi) is 4.39. The largest absolute Gasteiger partial charge is 0.452 e. The number of amides is 1. The van der Waals surface area contributed by atoms with E-state index in [1.807, 2.05) is 24.3 Å². The quantitative estimate of drug-likeness (QED) is 0.876. The second-order valence-corrected chi connectivity index (χ2v) is 5.36. The summed E-state index contributed by atoms with van der Waals surface area (Å²) >= 11 is 0. The van der Waals surface area contributed by atoms with Crippen LogP contribution in [0.5, 0.6) is 0 Å². The van der Waals surface area contributed by atoms with Crippen LogP contribution in [0, 0.1) is 0 Å². The van der Waals surface area contributed by atoms with Crippen molar-refractivity contribution < 1.29 is 19.4 Å². The summed E-state index contributed by atoms with van der Waals surface area (Å²) in [5.41, 5.74) is 3.09. The fraction of sp³-hybridized carbons (Fsp3) is 0.222. The first-order valence-corrected chi connectivity index (χ1v) is 7.44. The number of hydrogen-bond donors (Lipinski definition) is 1. The molecular formula is C18H17NO4. The van der Waals surface area contributed by atoms with Crippen LogP contribution >= 0.6 is 0 Å². The van der Waals surface area contributed by atoms with Crippen LogP contribution in [0.1, 0.15) is 21.5 Å². The molecule has 1 amide bonds. The zero-order chi connectivity index (χ0) is 16.2. The molecule has 0 aromatic heterocycles. The number of fused-ring (bicyclic) bond motifs is 1. The molecule has 1 aliphatic rings. The van der Waals surface area contributed by atoms with Crippen molar-refractivity contribution >= 4 is 17.6 Å². The monoisotopic (exact) mass is 311 g/mol. The molecule has 0 saturated heterocycles. The Morgan fingerprint density at radius 3 is 2.57 bits per heavy atom. The summed E-state index contributed by atoms with van der Waals surface area (Å²) < 4.78 is 5.10. The molecule has 1 N–H and O–H groups in total. The average molecular weight is 311 g/mol. The lowest BCUT2D eigenvalue weighted by molar-refractivity contribution is -0.121. The summed E-state index contributed by atoms with van der Waals surface area (Å²) in [5, 5.41) is 8.98. The average Bonchev–Trinajstić information content (AvgIpc) is 3.03. The Bertz CT molecular complexity index is 724. The number of anilines is 1. The lowest BCUT2D eigenvalue weighted by Gasteiger charge is -2.17. The maximum atomic E-state index is 12.3. The van der Waals surface area contributed by atoms with Crippen LogP contribution in [-0.2, 0) is 22.6 Å². The number of esters is 1. The van der Waals surface area contributed by atoms with Gasteiger partial charge in [0.1, 0.15) is 0 Å². The molecule has 0 unspecified atom stereocenters. The first-order valence-electron chi connectivity index (χ1n) is 7.44. The van der Waals surface area contributed by atoms with E-state index in [1.54, 1.807) is 29.2 Å². The SMILES string of the molecule is O=C(OCC(=O)N1CCc2ccccc21)c1ccc(CO)cc1. The number of ether oxygens (including phenoxy) is 1. The van der Waals surface area contributed by atoms with E-state index in [2.05, 4.69) is 0 Å². The zero-order valence-corrected chi connectivity index (χ0v) is 12.6. The summed E-state index contributed by atoms with van der Waals surface area (Å²) in [6.07, 6.45) is 0.818. The van der Waals surface area contributed by atoms with E-state index < -0.39 is 5.97 Å². The van der Waals surface area contributed by atoms with Gasteiger partial charge < -0.3 is 14.7 Å². The predicted octanol–water partition coefficient (Wildman–Crippen LogP) is 1.92. The third-order valence-electron chi connectivity index (χ3n) is 3.89. The number of carbonyl (C=O) groups excluding carboxylic acids is 2. The van der Waals surface area contributed by atoms with Crippen LogP contribution in [0.4, 0.5) is 5.69 Å². The van der Waals surface area contributed by atoms with Gasteiger partial charge in [0.05, 0.1) is 12.2 Å². The summed E-state index contributed by atoms with van der Waals surface area (Å²) in [6.45, 7) is 0.248. The van der Waals surface area contributed by atoms with Gasteiger partial charge in [0.15, 0.2) is 6.61 Å². The Balaban J connectivity index is 1.60. The molecule has 0 saturated carbocycles. The molecular weight excluding hydrogens is 294 g/mol. The molecule has 0 atom stereocenters. The molecule has 2 aromatic carbocycles. The zero-order valence-electron chi connectivity index (χ0n) is 12.6. The minimum absolute atomic E-state index is 0.0812. The molecule has 118 valence electrons. The normalized spacial score (nSPS) is 12.8. The number of para-hydroxylation sites is 1. The highest BCUT2D eigenvalue weighted by atomic mass is 16.5. The molecule has 0 fully saturated rings. The van der Waals surface area contributed by atoms with Gasteiger partial charge in [0.25, 0.3) is 5.91 Å². The predicted molar refractivity (Wildman–Crippen MR) is 85.1 cm³/mol. The summed E-state index contributed by atoms with van der Waals surface area (Å²) in [5.74, 6) is -0.773. The van der Waals surface area contributed by atoms with Gasteiger partial charge in [-0.2, -0.15) is 0 Å². The van der Waals surface area contributed by atoms with Crippen LogP contribution in [0.15, 0.2) is 48.5 Å². The molecule has 0 spiro atoms. The third kappa shape index (κ3) is 3.24. The first kappa shape index (κ1) is 15.2. The van der Waals surface area contributed by atoms with Crippen molar-refractivity contribution in [2.75, 3.05) is 18.1 Å². The van der Waals surface area contributed by atoms with E-state index in [4.69, 9.17) is 9.84 Å². The fourth-order valence-corrected chi connectivity index (χ4v) is 2.63. The highest BCUT2D eigenvalue weighted by Gasteiger charge is 2.24. The van der Waals surface area contributed by atoms with Crippen LogP contribution in [0.25, 0.3) is 0 Å². The van der Waals surface area contributed by atoms with Crippen LogP contribution in [-0.4, -0.2) is 30.1 Å².